The molecule has 0 bridgehead atoms. The van der Waals surface area contributed by atoms with Crippen LogP contribution in [0.25, 0.3) is 0 Å². The van der Waals surface area contributed by atoms with Crippen molar-refractivity contribution in [3.05, 3.63) is 24.0 Å². The number of hydrogen-bond acceptors (Lipinski definition) is 4. The average molecular weight is 292 g/mol. The SMILES string of the molecule is CCNc1ccnc(C(=O)NC(C)C(=O)NCC(C)C)c1. The number of hydrogen-bond donors (Lipinski definition) is 3. The zero-order valence-electron chi connectivity index (χ0n) is 13.1. The summed E-state index contributed by atoms with van der Waals surface area (Å²) in [5, 5.41) is 8.54. The van der Waals surface area contributed by atoms with E-state index in [9.17, 15) is 9.59 Å². The molecular formula is C15H24N4O2. The van der Waals surface area contributed by atoms with Gasteiger partial charge in [-0.2, -0.15) is 0 Å². The Hall–Kier alpha value is -2.11. The molecule has 1 heterocycles. The van der Waals surface area contributed by atoms with Gasteiger partial charge in [0.15, 0.2) is 0 Å². The molecule has 6 nitrogen and oxygen atoms in total. The number of aromatic nitrogens is 1. The number of carbonyl (C=O) groups is 2. The van der Waals surface area contributed by atoms with E-state index in [1.54, 1.807) is 25.3 Å². The highest BCUT2D eigenvalue weighted by Gasteiger charge is 2.17. The molecule has 0 radical (unpaired) electrons. The van der Waals surface area contributed by atoms with Gasteiger partial charge in [-0.05, 0) is 31.9 Å². The van der Waals surface area contributed by atoms with Crippen molar-refractivity contribution in [3.8, 4) is 0 Å². The zero-order chi connectivity index (χ0) is 15.8. The Bertz CT molecular complexity index is 488. The third-order valence-electron chi connectivity index (χ3n) is 2.80. The predicted molar refractivity (Wildman–Crippen MR) is 83.2 cm³/mol. The van der Waals surface area contributed by atoms with Gasteiger partial charge in [-0.15, -0.1) is 0 Å². The smallest absolute Gasteiger partial charge is 0.270 e. The van der Waals surface area contributed by atoms with E-state index in [-0.39, 0.29) is 17.5 Å². The van der Waals surface area contributed by atoms with Gasteiger partial charge in [-0.25, -0.2) is 0 Å². The van der Waals surface area contributed by atoms with Crippen LogP contribution in [0, 0.1) is 5.92 Å². The van der Waals surface area contributed by atoms with Gasteiger partial charge in [0.1, 0.15) is 11.7 Å². The summed E-state index contributed by atoms with van der Waals surface area (Å²) in [6.07, 6.45) is 1.57. The van der Waals surface area contributed by atoms with Crippen LogP contribution >= 0.6 is 0 Å². The Kier molecular flexibility index (Phi) is 6.65. The van der Waals surface area contributed by atoms with Crippen LogP contribution in [-0.2, 0) is 4.79 Å². The minimum absolute atomic E-state index is 0.195. The summed E-state index contributed by atoms with van der Waals surface area (Å²) in [6.45, 7) is 9.01. The lowest BCUT2D eigenvalue weighted by molar-refractivity contribution is -0.122. The summed E-state index contributed by atoms with van der Waals surface area (Å²) in [4.78, 5) is 27.9. The molecule has 0 fully saturated rings. The number of amides is 2. The number of rotatable bonds is 7. The van der Waals surface area contributed by atoms with Gasteiger partial charge in [0.2, 0.25) is 5.91 Å². The van der Waals surface area contributed by atoms with Crippen molar-refractivity contribution in [2.45, 2.75) is 33.7 Å². The minimum atomic E-state index is -0.596. The van der Waals surface area contributed by atoms with Gasteiger partial charge in [0, 0.05) is 25.0 Å². The third kappa shape index (κ3) is 5.81. The van der Waals surface area contributed by atoms with Gasteiger partial charge in [-0.3, -0.25) is 14.6 Å². The highest BCUT2D eigenvalue weighted by Crippen LogP contribution is 2.07. The molecule has 1 atom stereocenters. The molecule has 3 N–H and O–H groups in total. The fourth-order valence-electron chi connectivity index (χ4n) is 1.66. The summed E-state index contributed by atoms with van der Waals surface area (Å²) in [5.74, 6) is -0.183. The van der Waals surface area contributed by atoms with Crippen LogP contribution in [-0.4, -0.2) is 35.9 Å². The van der Waals surface area contributed by atoms with Crippen molar-refractivity contribution in [1.82, 2.24) is 15.6 Å². The fraction of sp³-hybridized carbons (Fsp3) is 0.533. The van der Waals surface area contributed by atoms with E-state index in [4.69, 9.17) is 0 Å². The molecule has 0 aliphatic carbocycles. The second-order valence-corrected chi connectivity index (χ2v) is 5.29. The molecular weight excluding hydrogens is 268 g/mol. The predicted octanol–water partition coefficient (Wildman–Crippen LogP) is 1.40. The van der Waals surface area contributed by atoms with Gasteiger partial charge >= 0.3 is 0 Å². The molecule has 0 saturated carbocycles. The first-order chi connectivity index (χ1) is 9.93. The fourth-order valence-corrected chi connectivity index (χ4v) is 1.66. The molecule has 1 unspecified atom stereocenters. The Morgan fingerprint density at radius 1 is 1.29 bits per heavy atom. The van der Waals surface area contributed by atoms with Gasteiger partial charge in [0.05, 0.1) is 0 Å². The molecule has 6 heteroatoms. The lowest BCUT2D eigenvalue weighted by Gasteiger charge is -2.15. The Labute approximate surface area is 125 Å². The number of nitrogens with zero attached hydrogens (tertiary/aromatic N) is 1. The molecule has 0 saturated heterocycles. The monoisotopic (exact) mass is 292 g/mol. The maximum Gasteiger partial charge on any atom is 0.270 e. The van der Waals surface area contributed by atoms with Crippen molar-refractivity contribution in [2.75, 3.05) is 18.4 Å². The number of pyridine rings is 1. The van der Waals surface area contributed by atoms with E-state index < -0.39 is 6.04 Å². The largest absolute Gasteiger partial charge is 0.385 e. The molecule has 0 spiro atoms. The van der Waals surface area contributed by atoms with E-state index in [2.05, 4.69) is 20.9 Å². The first-order valence-electron chi connectivity index (χ1n) is 7.22. The van der Waals surface area contributed by atoms with Crippen LogP contribution in [0.4, 0.5) is 5.69 Å². The van der Waals surface area contributed by atoms with Crippen LogP contribution in [0.1, 0.15) is 38.2 Å². The van der Waals surface area contributed by atoms with Crippen LogP contribution in [0.5, 0.6) is 0 Å². The Morgan fingerprint density at radius 3 is 2.62 bits per heavy atom. The highest BCUT2D eigenvalue weighted by molar-refractivity contribution is 5.96. The summed E-state index contributed by atoms with van der Waals surface area (Å²) in [7, 11) is 0. The standard InChI is InChI=1S/C15H24N4O2/c1-5-16-12-6-7-17-13(8-12)15(21)19-11(4)14(20)18-9-10(2)3/h6-8,10-11H,5,9H2,1-4H3,(H,16,17)(H,18,20)(H,19,21). The van der Waals surface area contributed by atoms with Gasteiger partial charge in [0.25, 0.3) is 5.91 Å². The third-order valence-corrected chi connectivity index (χ3v) is 2.80. The topological polar surface area (TPSA) is 83.1 Å². The Balaban J connectivity index is 2.59. The van der Waals surface area contributed by atoms with Crippen LogP contribution in [0.3, 0.4) is 0 Å². The van der Waals surface area contributed by atoms with Crippen LogP contribution in [0.2, 0.25) is 0 Å². The molecule has 0 aliphatic rings. The normalized spacial score (nSPS) is 11.9. The number of nitrogens with one attached hydrogen (secondary N) is 3. The van der Waals surface area contributed by atoms with Crippen molar-refractivity contribution in [2.24, 2.45) is 5.92 Å². The molecule has 116 valence electrons. The van der Waals surface area contributed by atoms with E-state index in [0.29, 0.717) is 12.5 Å². The maximum atomic E-state index is 12.1. The van der Waals surface area contributed by atoms with E-state index >= 15 is 0 Å². The van der Waals surface area contributed by atoms with Crippen LogP contribution < -0.4 is 16.0 Å². The van der Waals surface area contributed by atoms with Crippen molar-refractivity contribution in [1.29, 1.82) is 0 Å². The van der Waals surface area contributed by atoms with Gasteiger partial charge < -0.3 is 16.0 Å². The molecule has 1 aromatic rings. The average Bonchev–Trinajstić information content (AvgIpc) is 2.45. The summed E-state index contributed by atoms with van der Waals surface area (Å²) in [6, 6.07) is 2.86. The summed E-state index contributed by atoms with van der Waals surface area (Å²) >= 11 is 0. The van der Waals surface area contributed by atoms with Crippen molar-refractivity contribution in [3.63, 3.8) is 0 Å². The molecule has 2 amide bonds. The molecule has 21 heavy (non-hydrogen) atoms. The van der Waals surface area contributed by atoms with Gasteiger partial charge in [-0.1, -0.05) is 13.8 Å². The minimum Gasteiger partial charge on any atom is -0.385 e. The lowest BCUT2D eigenvalue weighted by Crippen LogP contribution is -2.45. The molecule has 0 aliphatic heterocycles. The van der Waals surface area contributed by atoms with E-state index in [1.165, 1.54) is 0 Å². The van der Waals surface area contributed by atoms with E-state index in [0.717, 1.165) is 12.2 Å². The quantitative estimate of drug-likeness (QED) is 0.709. The summed E-state index contributed by atoms with van der Waals surface area (Å²) < 4.78 is 0. The van der Waals surface area contributed by atoms with Crippen molar-refractivity contribution >= 4 is 17.5 Å². The van der Waals surface area contributed by atoms with Crippen molar-refractivity contribution < 1.29 is 9.59 Å². The first kappa shape index (κ1) is 16.9. The second-order valence-electron chi connectivity index (χ2n) is 5.29. The Morgan fingerprint density at radius 2 is 2.00 bits per heavy atom. The molecule has 1 aromatic heterocycles. The van der Waals surface area contributed by atoms with Crippen LogP contribution in [0.15, 0.2) is 18.3 Å². The summed E-state index contributed by atoms with van der Waals surface area (Å²) in [5.41, 5.74) is 1.12. The highest BCUT2D eigenvalue weighted by atomic mass is 16.2. The number of carbonyl (C=O) groups excluding carboxylic acids is 2. The van der Waals surface area contributed by atoms with E-state index in [1.807, 2.05) is 20.8 Å². The number of anilines is 1. The first-order valence-corrected chi connectivity index (χ1v) is 7.22. The molecule has 1 rings (SSSR count). The maximum absolute atomic E-state index is 12.1. The second kappa shape index (κ2) is 8.24. The zero-order valence-corrected chi connectivity index (χ0v) is 13.1. The molecule has 0 aromatic carbocycles. The lowest BCUT2D eigenvalue weighted by atomic mass is 10.2.